The summed E-state index contributed by atoms with van der Waals surface area (Å²) >= 11 is 0. The average Bonchev–Trinajstić information content (AvgIpc) is 3.45. The molecule has 1 aliphatic rings. The Morgan fingerprint density at radius 1 is 1.13 bits per heavy atom. The quantitative estimate of drug-likeness (QED) is 0.292. The first-order valence-corrected chi connectivity index (χ1v) is 13.1. The Balaban J connectivity index is 1.36. The number of pyridine rings is 1. The number of imidazole rings is 1. The van der Waals surface area contributed by atoms with Gasteiger partial charge in [0.1, 0.15) is 17.2 Å². The lowest BCUT2D eigenvalue weighted by Crippen LogP contribution is -2.35. The van der Waals surface area contributed by atoms with Crippen molar-refractivity contribution in [3.63, 3.8) is 0 Å². The van der Waals surface area contributed by atoms with Crippen molar-refractivity contribution in [2.24, 2.45) is 0 Å². The van der Waals surface area contributed by atoms with Gasteiger partial charge in [-0.3, -0.25) is 9.59 Å². The Morgan fingerprint density at radius 3 is 2.74 bits per heavy atom. The van der Waals surface area contributed by atoms with E-state index in [0.717, 1.165) is 41.8 Å². The number of amides is 1. The van der Waals surface area contributed by atoms with Crippen molar-refractivity contribution < 1.29 is 9.18 Å². The molecule has 0 bridgehead atoms. The van der Waals surface area contributed by atoms with Gasteiger partial charge in [-0.05, 0) is 73.5 Å². The molecule has 3 heterocycles. The highest BCUT2D eigenvalue weighted by atomic mass is 19.1. The van der Waals surface area contributed by atoms with Crippen molar-refractivity contribution in [3.05, 3.63) is 81.0 Å². The van der Waals surface area contributed by atoms with Crippen LogP contribution in [0.25, 0.3) is 22.4 Å². The third-order valence-electron chi connectivity index (χ3n) is 7.38. The van der Waals surface area contributed by atoms with Crippen molar-refractivity contribution in [3.8, 4) is 11.4 Å². The number of halogens is 1. The van der Waals surface area contributed by atoms with E-state index in [0.29, 0.717) is 54.2 Å². The molecule has 3 N–H and O–H groups in total. The summed E-state index contributed by atoms with van der Waals surface area (Å²) in [5.41, 5.74) is 5.74. The molecule has 1 amide bonds. The van der Waals surface area contributed by atoms with Gasteiger partial charge < -0.3 is 25.1 Å². The number of carbonyl (C=O) groups is 1. The van der Waals surface area contributed by atoms with Crippen molar-refractivity contribution in [1.29, 1.82) is 0 Å². The van der Waals surface area contributed by atoms with Crippen LogP contribution in [0, 0.1) is 12.7 Å². The number of rotatable bonds is 10. The van der Waals surface area contributed by atoms with E-state index in [-0.39, 0.29) is 17.3 Å². The van der Waals surface area contributed by atoms with Crippen LogP contribution in [0.15, 0.2) is 47.4 Å². The highest BCUT2D eigenvalue weighted by Gasteiger charge is 2.28. The molecule has 9 heteroatoms. The van der Waals surface area contributed by atoms with Crippen LogP contribution < -0.4 is 10.9 Å². The summed E-state index contributed by atoms with van der Waals surface area (Å²) in [6.45, 7) is 10.7. The summed E-state index contributed by atoms with van der Waals surface area (Å²) in [4.78, 5) is 40.8. The Kier molecular flexibility index (Phi) is 7.28. The maximum Gasteiger partial charge on any atom is 0.261 e. The zero-order valence-corrected chi connectivity index (χ0v) is 22.0. The Labute approximate surface area is 220 Å². The van der Waals surface area contributed by atoms with E-state index < -0.39 is 0 Å². The number of fused-ring (bicyclic) bond motifs is 2. The van der Waals surface area contributed by atoms with Gasteiger partial charge >= 0.3 is 0 Å². The lowest BCUT2D eigenvalue weighted by atomic mass is 10.1. The normalized spacial score (nSPS) is 13.1. The molecular weight excluding hydrogens is 483 g/mol. The average molecular weight is 517 g/mol. The van der Waals surface area contributed by atoms with Crippen molar-refractivity contribution in [1.82, 2.24) is 24.8 Å². The first-order chi connectivity index (χ1) is 18.4. The predicted octanol–water partition coefficient (Wildman–Crippen LogP) is 4.32. The molecule has 1 aliphatic heterocycles. The highest BCUT2D eigenvalue weighted by molar-refractivity contribution is 6.02. The zero-order chi connectivity index (χ0) is 26.8. The molecule has 0 atom stereocenters. The number of carbonyl (C=O) groups excluding carboxylic acids is 1. The number of nitrogens with one attached hydrogen (secondary N) is 3. The summed E-state index contributed by atoms with van der Waals surface area (Å²) in [5, 5.41) is 3.32. The van der Waals surface area contributed by atoms with Gasteiger partial charge in [-0.25, -0.2) is 9.37 Å². The Bertz CT molecular complexity index is 1540. The molecule has 2 aromatic heterocycles. The third kappa shape index (κ3) is 5.06. The van der Waals surface area contributed by atoms with Crippen molar-refractivity contribution in [2.45, 2.75) is 33.7 Å². The first-order valence-electron chi connectivity index (χ1n) is 13.1. The van der Waals surface area contributed by atoms with E-state index in [9.17, 15) is 14.0 Å². The summed E-state index contributed by atoms with van der Waals surface area (Å²) in [5.74, 6) is 0.189. The fourth-order valence-electron chi connectivity index (χ4n) is 5.08. The molecule has 0 fully saturated rings. The number of benzene rings is 2. The lowest BCUT2D eigenvalue weighted by molar-refractivity contribution is 0.0760. The molecule has 0 saturated carbocycles. The maximum absolute atomic E-state index is 13.7. The predicted molar refractivity (Wildman–Crippen MR) is 148 cm³/mol. The molecule has 38 heavy (non-hydrogen) atoms. The molecule has 0 unspecified atom stereocenters. The van der Waals surface area contributed by atoms with Gasteiger partial charge in [0.15, 0.2) is 0 Å². The number of hydrogen-bond donors (Lipinski definition) is 3. The molecule has 0 aliphatic carbocycles. The Morgan fingerprint density at radius 2 is 1.95 bits per heavy atom. The lowest BCUT2D eigenvalue weighted by Gasteiger charge is -2.22. The van der Waals surface area contributed by atoms with Gasteiger partial charge in [-0.2, -0.15) is 0 Å². The van der Waals surface area contributed by atoms with Gasteiger partial charge in [0.05, 0.1) is 16.7 Å². The van der Waals surface area contributed by atoms with Crippen LogP contribution in [0.4, 0.5) is 10.1 Å². The van der Waals surface area contributed by atoms with Gasteiger partial charge in [-0.1, -0.05) is 19.9 Å². The zero-order valence-electron chi connectivity index (χ0n) is 22.0. The van der Waals surface area contributed by atoms with Crippen LogP contribution >= 0.6 is 0 Å². The number of nitrogens with zero attached hydrogens (tertiary/aromatic N) is 3. The number of aromatic amines is 2. The summed E-state index contributed by atoms with van der Waals surface area (Å²) in [7, 11) is 0. The minimum Gasteiger partial charge on any atom is -0.384 e. The topological polar surface area (TPSA) is 97.1 Å². The molecule has 0 saturated heterocycles. The number of anilines is 1. The van der Waals surface area contributed by atoms with Crippen molar-refractivity contribution in [2.75, 3.05) is 38.0 Å². The minimum absolute atomic E-state index is 0.0196. The van der Waals surface area contributed by atoms with Crippen molar-refractivity contribution >= 4 is 22.6 Å². The maximum atomic E-state index is 13.7. The number of likely N-dealkylation sites (N-methyl/N-ethyl adjacent to an activating group) is 1. The van der Waals surface area contributed by atoms with Crippen LogP contribution in [0.3, 0.4) is 0 Å². The molecule has 0 spiro atoms. The second-order valence-electron chi connectivity index (χ2n) is 9.71. The second-order valence-corrected chi connectivity index (χ2v) is 9.71. The van der Waals surface area contributed by atoms with Gasteiger partial charge in [0.25, 0.3) is 11.5 Å². The van der Waals surface area contributed by atoms with E-state index >= 15 is 0 Å². The minimum atomic E-state index is -0.276. The Hall–Kier alpha value is -3.98. The van der Waals surface area contributed by atoms with Crippen LogP contribution in [-0.2, 0) is 13.0 Å². The van der Waals surface area contributed by atoms with E-state index in [2.05, 4.69) is 34.0 Å². The number of aryl methyl sites for hydroxylation is 1. The van der Waals surface area contributed by atoms with Crippen LogP contribution in [0.2, 0.25) is 0 Å². The number of aromatic nitrogens is 3. The summed E-state index contributed by atoms with van der Waals surface area (Å²) < 4.78 is 13.7. The third-order valence-corrected chi connectivity index (χ3v) is 7.38. The van der Waals surface area contributed by atoms with Crippen LogP contribution in [0.1, 0.15) is 40.9 Å². The van der Waals surface area contributed by atoms with E-state index in [1.54, 1.807) is 24.4 Å². The van der Waals surface area contributed by atoms with Gasteiger partial charge in [0.2, 0.25) is 0 Å². The van der Waals surface area contributed by atoms with E-state index in [1.165, 1.54) is 6.07 Å². The highest BCUT2D eigenvalue weighted by Crippen LogP contribution is 2.30. The SMILES string of the molecule is CCN(CC)CCN1Cc2cc3[nH]c(-c4c(NCCc5cc(F)ccc5C)cc[nH]c4=O)nc3cc2C1=O. The van der Waals surface area contributed by atoms with Crippen LogP contribution in [-0.4, -0.2) is 63.4 Å². The molecule has 0 radical (unpaired) electrons. The van der Waals surface area contributed by atoms with Crippen LogP contribution in [0.5, 0.6) is 0 Å². The van der Waals surface area contributed by atoms with E-state index in [4.69, 9.17) is 4.98 Å². The number of hydrogen-bond acceptors (Lipinski definition) is 5. The molecule has 2 aromatic carbocycles. The molecule has 4 aromatic rings. The van der Waals surface area contributed by atoms with E-state index in [1.807, 2.05) is 24.0 Å². The second kappa shape index (κ2) is 10.8. The smallest absolute Gasteiger partial charge is 0.261 e. The molecule has 198 valence electrons. The largest absolute Gasteiger partial charge is 0.384 e. The standard InChI is InChI=1S/C29H33FN6O2/c1-4-35(5-2)12-13-36-17-20-15-24-25(16-22(20)29(36)38)34-27(33-24)26-23(9-11-32-28(26)37)31-10-8-19-14-21(30)7-6-18(19)3/h6-7,9,11,14-16H,4-5,8,10,12-13,17H2,1-3H3,(H,33,34)(H2,31,32,37). The molecular formula is C29H33FN6O2. The number of H-pyrrole nitrogens is 2. The fourth-order valence-corrected chi connectivity index (χ4v) is 5.08. The molecule has 8 nitrogen and oxygen atoms in total. The van der Waals surface area contributed by atoms with Gasteiger partial charge in [-0.15, -0.1) is 0 Å². The molecule has 5 rings (SSSR count). The first kappa shape index (κ1) is 25.7. The summed E-state index contributed by atoms with van der Waals surface area (Å²) in [6.07, 6.45) is 2.19. The summed E-state index contributed by atoms with van der Waals surface area (Å²) in [6, 6.07) is 10.3. The van der Waals surface area contributed by atoms with Gasteiger partial charge in [0, 0.05) is 37.9 Å². The monoisotopic (exact) mass is 516 g/mol. The fraction of sp³-hybridized carbons (Fsp3) is 0.345.